The monoisotopic (exact) mass is 515 g/mol. The van der Waals surface area contributed by atoms with Gasteiger partial charge in [0.1, 0.15) is 12.0 Å². The van der Waals surface area contributed by atoms with Crippen LogP contribution in [0.3, 0.4) is 0 Å². The number of aromatic nitrogens is 1. The molecular formula is C29H29N3O4S. The molecule has 0 aliphatic carbocycles. The van der Waals surface area contributed by atoms with E-state index in [1.807, 2.05) is 66.6 Å². The van der Waals surface area contributed by atoms with Crippen molar-refractivity contribution in [3.8, 4) is 5.75 Å². The first-order valence-electron chi connectivity index (χ1n) is 12.3. The maximum absolute atomic E-state index is 13.5. The van der Waals surface area contributed by atoms with Gasteiger partial charge in [0.2, 0.25) is 5.89 Å². The van der Waals surface area contributed by atoms with Crippen molar-refractivity contribution in [2.24, 2.45) is 0 Å². The Bertz CT molecular complexity index is 1380. The van der Waals surface area contributed by atoms with Crippen molar-refractivity contribution in [1.82, 2.24) is 14.8 Å². The predicted octanol–water partition coefficient (Wildman–Crippen LogP) is 5.58. The normalized spacial score (nSPS) is 14.9. The molecule has 0 saturated carbocycles. The van der Waals surface area contributed by atoms with E-state index in [1.165, 1.54) is 23.2 Å². The van der Waals surface area contributed by atoms with Crippen LogP contribution in [-0.4, -0.2) is 46.2 Å². The molecular weight excluding hydrogens is 486 g/mol. The number of benzene rings is 2. The summed E-state index contributed by atoms with van der Waals surface area (Å²) >= 11 is 1.46. The Morgan fingerprint density at radius 3 is 2.70 bits per heavy atom. The van der Waals surface area contributed by atoms with Gasteiger partial charge in [-0.1, -0.05) is 42.5 Å². The number of hydrogen-bond acceptors (Lipinski definition) is 6. The van der Waals surface area contributed by atoms with Crippen molar-refractivity contribution in [1.29, 1.82) is 0 Å². The number of hydrogen-bond donors (Lipinski definition) is 0. The lowest BCUT2D eigenvalue weighted by molar-refractivity contribution is 0.0698. The van der Waals surface area contributed by atoms with Gasteiger partial charge in [-0.3, -0.25) is 9.59 Å². The van der Waals surface area contributed by atoms with Crippen LogP contribution in [0.4, 0.5) is 0 Å². The van der Waals surface area contributed by atoms with Gasteiger partial charge < -0.3 is 19.0 Å². The Morgan fingerprint density at radius 1 is 1.16 bits per heavy atom. The molecule has 0 N–H and O–H groups in total. The van der Waals surface area contributed by atoms with E-state index in [2.05, 4.69) is 23.2 Å². The minimum absolute atomic E-state index is 0.0316. The number of thiophene rings is 1. The summed E-state index contributed by atoms with van der Waals surface area (Å²) in [4.78, 5) is 34.6. The molecule has 0 radical (unpaired) electrons. The highest BCUT2D eigenvalue weighted by molar-refractivity contribution is 7.12. The van der Waals surface area contributed by atoms with Crippen molar-refractivity contribution >= 4 is 23.2 Å². The first-order valence-corrected chi connectivity index (χ1v) is 13.2. The second-order valence-corrected chi connectivity index (χ2v) is 10.3. The lowest BCUT2D eigenvalue weighted by Gasteiger charge is -2.37. The third-order valence-corrected chi connectivity index (χ3v) is 7.54. The van der Waals surface area contributed by atoms with Crippen molar-refractivity contribution in [3.05, 3.63) is 105 Å². The van der Waals surface area contributed by atoms with E-state index < -0.39 is 0 Å². The summed E-state index contributed by atoms with van der Waals surface area (Å²) in [6.07, 6.45) is 2.14. The van der Waals surface area contributed by atoms with Crippen LogP contribution in [-0.2, 0) is 13.0 Å². The van der Waals surface area contributed by atoms with Crippen molar-refractivity contribution in [2.75, 3.05) is 13.6 Å². The van der Waals surface area contributed by atoms with Crippen LogP contribution in [0.2, 0.25) is 0 Å². The molecule has 8 heteroatoms. The van der Waals surface area contributed by atoms with Crippen LogP contribution in [0.1, 0.15) is 62.6 Å². The Morgan fingerprint density at radius 2 is 1.97 bits per heavy atom. The number of carbonyl (C=O) groups is 2. The van der Waals surface area contributed by atoms with Crippen LogP contribution in [0, 0.1) is 0 Å². The molecule has 0 bridgehead atoms. The fraction of sp³-hybridized carbons (Fsp3) is 0.276. The number of rotatable bonds is 7. The molecule has 2 amide bonds. The highest BCUT2D eigenvalue weighted by atomic mass is 32.1. The van der Waals surface area contributed by atoms with Gasteiger partial charge in [-0.05, 0) is 60.5 Å². The molecule has 2 aromatic heterocycles. The van der Waals surface area contributed by atoms with Gasteiger partial charge in [0.15, 0.2) is 12.3 Å². The maximum Gasteiger partial charge on any atom is 0.275 e. The highest BCUT2D eigenvalue weighted by Crippen LogP contribution is 2.38. The summed E-state index contributed by atoms with van der Waals surface area (Å²) in [7, 11) is 1.74. The zero-order chi connectivity index (χ0) is 25.9. The largest absolute Gasteiger partial charge is 0.484 e. The van der Waals surface area contributed by atoms with Gasteiger partial charge in [-0.25, -0.2) is 4.98 Å². The molecule has 1 aliphatic heterocycles. The third-order valence-electron chi connectivity index (χ3n) is 6.68. The van der Waals surface area contributed by atoms with Gasteiger partial charge >= 0.3 is 0 Å². The van der Waals surface area contributed by atoms with Crippen molar-refractivity contribution < 1.29 is 18.7 Å². The van der Waals surface area contributed by atoms with Crippen LogP contribution < -0.4 is 4.74 Å². The summed E-state index contributed by atoms with van der Waals surface area (Å²) < 4.78 is 11.5. The lowest BCUT2D eigenvalue weighted by Crippen LogP contribution is -2.40. The maximum atomic E-state index is 13.5. The molecule has 190 valence electrons. The van der Waals surface area contributed by atoms with Crippen molar-refractivity contribution in [2.45, 2.75) is 39.0 Å². The quantitative estimate of drug-likeness (QED) is 0.321. The Hall–Kier alpha value is -3.91. The first-order chi connectivity index (χ1) is 17.9. The predicted molar refractivity (Wildman–Crippen MR) is 142 cm³/mol. The summed E-state index contributed by atoms with van der Waals surface area (Å²) in [5.41, 5.74) is 3.54. The molecule has 1 atom stereocenters. The smallest absolute Gasteiger partial charge is 0.275 e. The van der Waals surface area contributed by atoms with Crippen LogP contribution in [0.5, 0.6) is 5.75 Å². The number of ether oxygens (including phenoxy) is 1. The molecule has 0 unspecified atom stereocenters. The minimum Gasteiger partial charge on any atom is -0.484 e. The first kappa shape index (κ1) is 24.8. The molecule has 3 heterocycles. The molecule has 5 rings (SSSR count). The fourth-order valence-corrected chi connectivity index (χ4v) is 5.15. The Labute approximate surface area is 220 Å². The Balaban J connectivity index is 1.39. The Kier molecular flexibility index (Phi) is 7.10. The van der Waals surface area contributed by atoms with E-state index in [-0.39, 0.29) is 36.2 Å². The zero-order valence-electron chi connectivity index (χ0n) is 21.1. The second kappa shape index (κ2) is 10.6. The summed E-state index contributed by atoms with van der Waals surface area (Å²) in [5.74, 6) is 0.812. The minimum atomic E-state index is -0.222. The van der Waals surface area contributed by atoms with E-state index in [0.29, 0.717) is 18.2 Å². The molecule has 2 aromatic carbocycles. The summed E-state index contributed by atoms with van der Waals surface area (Å²) in [6, 6.07) is 19.7. The zero-order valence-corrected chi connectivity index (χ0v) is 21.9. The number of fused-ring (bicyclic) bond motifs is 1. The average Bonchev–Trinajstić information content (AvgIpc) is 3.63. The van der Waals surface area contributed by atoms with Crippen LogP contribution in [0.15, 0.2) is 76.7 Å². The molecule has 1 aliphatic rings. The third kappa shape index (κ3) is 5.15. The average molecular weight is 516 g/mol. The topological polar surface area (TPSA) is 75.9 Å². The van der Waals surface area contributed by atoms with Gasteiger partial charge in [-0.15, -0.1) is 11.3 Å². The lowest BCUT2D eigenvalue weighted by atomic mass is 9.88. The molecule has 7 nitrogen and oxygen atoms in total. The number of amides is 2. The standard InChI is InChI=1S/C29H29N3O4S/c1-19(2)31(3)28(33)24-17-36-26(30-24)18-35-22-12-11-20-13-14-32(29(34)25-10-7-15-37-25)27(23(20)16-22)21-8-5-4-6-9-21/h4-12,15-17,19,27H,13-14,18H2,1-3H3/t27-/m0/s1. The number of oxazole rings is 1. The molecule has 37 heavy (non-hydrogen) atoms. The van der Waals surface area contributed by atoms with E-state index in [0.717, 1.165) is 22.4 Å². The van der Waals surface area contributed by atoms with Gasteiger partial charge in [0, 0.05) is 19.6 Å². The number of carbonyl (C=O) groups excluding carboxylic acids is 2. The molecule has 0 saturated heterocycles. The summed E-state index contributed by atoms with van der Waals surface area (Å²) in [5, 5.41) is 1.93. The number of nitrogens with zero attached hydrogens (tertiary/aromatic N) is 3. The highest BCUT2D eigenvalue weighted by Gasteiger charge is 2.33. The molecule has 0 spiro atoms. The van der Waals surface area contributed by atoms with Gasteiger partial charge in [-0.2, -0.15) is 0 Å². The van der Waals surface area contributed by atoms with Crippen LogP contribution >= 0.6 is 11.3 Å². The van der Waals surface area contributed by atoms with Gasteiger partial charge in [0.05, 0.1) is 10.9 Å². The fourth-order valence-electron chi connectivity index (χ4n) is 4.47. The summed E-state index contributed by atoms with van der Waals surface area (Å²) in [6.45, 7) is 4.61. The van der Waals surface area contributed by atoms with E-state index in [9.17, 15) is 9.59 Å². The second-order valence-electron chi connectivity index (χ2n) is 9.32. The molecule has 0 fully saturated rings. The van der Waals surface area contributed by atoms with Gasteiger partial charge in [0.25, 0.3) is 11.8 Å². The van der Waals surface area contributed by atoms with E-state index in [1.54, 1.807) is 11.9 Å². The van der Waals surface area contributed by atoms with E-state index >= 15 is 0 Å². The van der Waals surface area contributed by atoms with Crippen molar-refractivity contribution in [3.63, 3.8) is 0 Å². The van der Waals surface area contributed by atoms with E-state index in [4.69, 9.17) is 9.15 Å². The van der Waals surface area contributed by atoms with Crippen LogP contribution in [0.25, 0.3) is 0 Å². The SMILES string of the molecule is CC(C)N(C)C(=O)c1coc(COc2ccc3c(c2)[C@H](c2ccccc2)N(C(=O)c2cccs2)CC3)n1. The molecule has 4 aromatic rings.